The number of β-amino-alcohol motifs (C(OH)–C–C–N with tert-alkyl or cyclic N) is 1. The number of aliphatic hydroxyl groups is 1. The summed E-state index contributed by atoms with van der Waals surface area (Å²) in [6.45, 7) is 5.13. The van der Waals surface area contributed by atoms with E-state index in [1.807, 2.05) is 0 Å². The van der Waals surface area contributed by atoms with Crippen LogP contribution >= 0.6 is 22.6 Å². The van der Waals surface area contributed by atoms with Gasteiger partial charge in [-0.15, -0.1) is 5.12 Å². The number of hydrogen-bond donors (Lipinski definition) is 1. The minimum atomic E-state index is -1.47. The number of halogens is 4. The first-order chi connectivity index (χ1) is 14.3. The number of likely N-dealkylation sites (tertiary alicyclic amines) is 2. The zero-order valence-electron chi connectivity index (χ0n) is 17.5. The Morgan fingerprint density at radius 1 is 1.23 bits per heavy atom. The SMILES string of the molecule is CC(C)(C)OC(=O)N1CCCC[C@@H]1C1(O)CN(C(=O)N(F)c2ccc(I)c(F)c2F)C1. The topological polar surface area (TPSA) is 73.3 Å². The maximum atomic E-state index is 14.5. The Balaban J connectivity index is 1.69. The highest BCUT2D eigenvalue weighted by atomic mass is 127. The molecule has 1 aromatic carbocycles. The fraction of sp³-hybridized carbons (Fsp3) is 0.600. The lowest BCUT2D eigenvalue weighted by Crippen LogP contribution is -2.73. The number of amides is 3. The summed E-state index contributed by atoms with van der Waals surface area (Å²) in [4.78, 5) is 27.4. The van der Waals surface area contributed by atoms with Crippen LogP contribution in [0.25, 0.3) is 0 Å². The Kier molecular flexibility index (Phi) is 6.66. The lowest BCUT2D eigenvalue weighted by atomic mass is 9.80. The minimum Gasteiger partial charge on any atom is -0.444 e. The molecule has 7 nitrogen and oxygen atoms in total. The van der Waals surface area contributed by atoms with Crippen LogP contribution in [-0.2, 0) is 4.74 Å². The fourth-order valence-electron chi connectivity index (χ4n) is 3.88. The number of ether oxygens (including phenoxy) is 1. The lowest BCUT2D eigenvalue weighted by Gasteiger charge is -2.54. The van der Waals surface area contributed by atoms with Crippen LogP contribution in [0.15, 0.2) is 12.1 Å². The highest BCUT2D eigenvalue weighted by Crippen LogP contribution is 2.36. The molecule has 11 heteroatoms. The van der Waals surface area contributed by atoms with E-state index in [0.717, 1.165) is 29.9 Å². The van der Waals surface area contributed by atoms with Gasteiger partial charge in [-0.05, 0) is 74.8 Å². The third-order valence-electron chi connectivity index (χ3n) is 5.35. The van der Waals surface area contributed by atoms with Gasteiger partial charge in [0.15, 0.2) is 11.6 Å². The Hall–Kier alpha value is -1.76. The molecule has 1 atom stereocenters. The highest BCUT2D eigenvalue weighted by Gasteiger charge is 2.54. The average Bonchev–Trinajstić information content (AvgIpc) is 2.67. The van der Waals surface area contributed by atoms with E-state index < -0.39 is 51.8 Å². The average molecular weight is 555 g/mol. The number of carbonyl (C=O) groups is 2. The summed E-state index contributed by atoms with van der Waals surface area (Å²) < 4.78 is 47.7. The van der Waals surface area contributed by atoms with Crippen LogP contribution in [0, 0.1) is 15.2 Å². The number of carbonyl (C=O) groups excluding carboxylic acids is 2. The number of anilines is 1. The van der Waals surface area contributed by atoms with E-state index in [1.54, 1.807) is 43.4 Å². The molecule has 3 amide bonds. The van der Waals surface area contributed by atoms with Crippen molar-refractivity contribution in [3.8, 4) is 0 Å². The van der Waals surface area contributed by atoms with Gasteiger partial charge < -0.3 is 19.6 Å². The van der Waals surface area contributed by atoms with Crippen LogP contribution in [-0.4, -0.2) is 63.9 Å². The first-order valence-corrected chi connectivity index (χ1v) is 11.0. The number of rotatable bonds is 2. The zero-order chi connectivity index (χ0) is 23.1. The van der Waals surface area contributed by atoms with Crippen molar-refractivity contribution < 1.29 is 32.7 Å². The molecular formula is C20H25F3IN3O4. The van der Waals surface area contributed by atoms with Crippen LogP contribution in [0.2, 0.25) is 0 Å². The Morgan fingerprint density at radius 3 is 2.48 bits per heavy atom. The van der Waals surface area contributed by atoms with Gasteiger partial charge in [0.2, 0.25) is 0 Å². The molecule has 0 spiro atoms. The molecule has 1 N–H and O–H groups in total. The smallest absolute Gasteiger partial charge is 0.410 e. The van der Waals surface area contributed by atoms with E-state index in [4.69, 9.17) is 4.74 Å². The zero-order valence-corrected chi connectivity index (χ0v) is 19.7. The van der Waals surface area contributed by atoms with Gasteiger partial charge >= 0.3 is 12.1 Å². The van der Waals surface area contributed by atoms with E-state index in [0.29, 0.717) is 13.0 Å². The van der Waals surface area contributed by atoms with Crippen molar-refractivity contribution in [2.45, 2.75) is 57.3 Å². The van der Waals surface area contributed by atoms with Crippen molar-refractivity contribution in [3.63, 3.8) is 0 Å². The summed E-state index contributed by atoms with van der Waals surface area (Å²) in [5.74, 6) is -2.72. The van der Waals surface area contributed by atoms with Gasteiger partial charge in [0.05, 0.1) is 22.7 Å². The maximum Gasteiger partial charge on any atom is 0.410 e. The summed E-state index contributed by atoms with van der Waals surface area (Å²) in [7, 11) is 0. The van der Waals surface area contributed by atoms with Crippen molar-refractivity contribution in [2.75, 3.05) is 24.8 Å². The van der Waals surface area contributed by atoms with Crippen LogP contribution in [0.1, 0.15) is 40.0 Å². The number of piperidine rings is 1. The molecule has 0 radical (unpaired) electrons. The minimum absolute atomic E-state index is 0.0439. The summed E-state index contributed by atoms with van der Waals surface area (Å²) >= 11 is 1.56. The van der Waals surface area contributed by atoms with Crippen LogP contribution in [0.3, 0.4) is 0 Å². The number of hydrogen-bond acceptors (Lipinski definition) is 4. The van der Waals surface area contributed by atoms with E-state index in [2.05, 4.69) is 0 Å². The normalized spacial score (nSPS) is 20.8. The van der Waals surface area contributed by atoms with Crippen molar-refractivity contribution >= 4 is 40.4 Å². The molecule has 0 aromatic heterocycles. The molecule has 3 rings (SSSR count). The predicted octanol–water partition coefficient (Wildman–Crippen LogP) is 4.22. The van der Waals surface area contributed by atoms with Crippen LogP contribution in [0.4, 0.5) is 28.5 Å². The highest BCUT2D eigenvalue weighted by molar-refractivity contribution is 14.1. The summed E-state index contributed by atoms with van der Waals surface area (Å²) in [5, 5.41) is 10.6. The standard InChI is InChI=1S/C20H25F3IN3O4/c1-19(2,3)31-18(29)26-9-5-4-6-14(26)20(30)10-25(11-20)17(28)27(23)13-8-7-12(24)15(21)16(13)22/h7-8,14,30H,4-6,9-11H2,1-3H3/t14-/m1/s1. The number of benzene rings is 1. The molecule has 0 bridgehead atoms. The molecule has 31 heavy (non-hydrogen) atoms. The summed E-state index contributed by atoms with van der Waals surface area (Å²) in [5.41, 5.74) is -2.99. The monoisotopic (exact) mass is 555 g/mol. The third-order valence-corrected chi connectivity index (χ3v) is 6.18. The Morgan fingerprint density at radius 2 is 1.87 bits per heavy atom. The quantitative estimate of drug-likeness (QED) is 0.337. The molecule has 2 heterocycles. The second-order valence-electron chi connectivity index (χ2n) is 8.90. The summed E-state index contributed by atoms with van der Waals surface area (Å²) in [6, 6.07) is 0.307. The molecule has 2 aliphatic heterocycles. The van der Waals surface area contributed by atoms with Gasteiger partial charge in [-0.2, -0.15) is 0 Å². The molecule has 2 saturated heterocycles. The van der Waals surface area contributed by atoms with Crippen molar-refractivity contribution in [3.05, 3.63) is 27.3 Å². The first kappa shape index (κ1) is 23.9. The van der Waals surface area contributed by atoms with Crippen molar-refractivity contribution in [1.29, 1.82) is 0 Å². The van der Waals surface area contributed by atoms with E-state index in [9.17, 15) is 28.0 Å². The Labute approximate surface area is 192 Å². The van der Waals surface area contributed by atoms with Gasteiger partial charge in [-0.25, -0.2) is 18.4 Å². The molecule has 2 aliphatic rings. The van der Waals surface area contributed by atoms with E-state index in [1.165, 1.54) is 4.90 Å². The lowest BCUT2D eigenvalue weighted by molar-refractivity contribution is -0.136. The molecule has 0 unspecified atom stereocenters. The van der Waals surface area contributed by atoms with Gasteiger partial charge in [0.1, 0.15) is 16.9 Å². The van der Waals surface area contributed by atoms with E-state index >= 15 is 0 Å². The van der Waals surface area contributed by atoms with Crippen LogP contribution in [0.5, 0.6) is 0 Å². The van der Waals surface area contributed by atoms with Gasteiger partial charge in [0, 0.05) is 6.54 Å². The maximum absolute atomic E-state index is 14.5. The second-order valence-corrected chi connectivity index (χ2v) is 10.1. The third kappa shape index (κ3) is 4.86. The van der Waals surface area contributed by atoms with Crippen molar-refractivity contribution in [1.82, 2.24) is 9.80 Å². The number of urea groups is 1. The van der Waals surface area contributed by atoms with E-state index in [-0.39, 0.29) is 16.7 Å². The van der Waals surface area contributed by atoms with Gasteiger partial charge in [-0.3, -0.25) is 0 Å². The molecule has 2 fully saturated rings. The molecule has 0 saturated carbocycles. The first-order valence-electron chi connectivity index (χ1n) is 9.94. The molecular weight excluding hydrogens is 530 g/mol. The molecule has 1 aromatic rings. The van der Waals surface area contributed by atoms with Crippen molar-refractivity contribution in [2.24, 2.45) is 0 Å². The largest absolute Gasteiger partial charge is 0.444 e. The Bertz CT molecular complexity index is 874. The second kappa shape index (κ2) is 8.64. The fourth-order valence-corrected chi connectivity index (χ4v) is 4.30. The molecule has 172 valence electrons. The van der Waals surface area contributed by atoms with Gasteiger partial charge in [0.25, 0.3) is 0 Å². The predicted molar refractivity (Wildman–Crippen MR) is 115 cm³/mol. The number of nitrogens with zero attached hydrogens (tertiary/aromatic N) is 3. The van der Waals surface area contributed by atoms with Gasteiger partial charge in [-0.1, -0.05) is 4.48 Å². The molecule has 0 aliphatic carbocycles. The summed E-state index contributed by atoms with van der Waals surface area (Å²) in [6.07, 6.45) is 1.49. The van der Waals surface area contributed by atoms with Crippen LogP contribution < -0.4 is 5.12 Å².